The summed E-state index contributed by atoms with van der Waals surface area (Å²) in [6.45, 7) is 6.14. The van der Waals surface area contributed by atoms with Crippen LogP contribution in [0.3, 0.4) is 0 Å². The molecule has 280 valence electrons. The van der Waals surface area contributed by atoms with Crippen molar-refractivity contribution in [3.63, 3.8) is 0 Å². The quantitative estimate of drug-likeness (QED) is 0.113. The Balaban J connectivity index is 0.895. The van der Waals surface area contributed by atoms with Gasteiger partial charge in [-0.25, -0.2) is 0 Å². The van der Waals surface area contributed by atoms with Crippen LogP contribution < -0.4 is 10.6 Å². The average molecular weight is 759 g/mol. The van der Waals surface area contributed by atoms with Gasteiger partial charge in [0.2, 0.25) is 11.8 Å². The van der Waals surface area contributed by atoms with Crippen LogP contribution in [0.15, 0.2) is 60.9 Å². The Morgan fingerprint density at radius 3 is 2.71 bits per heavy atom. The van der Waals surface area contributed by atoms with Crippen molar-refractivity contribution in [2.24, 2.45) is 0 Å². The van der Waals surface area contributed by atoms with Gasteiger partial charge in [0, 0.05) is 30.4 Å². The normalized spacial score (nSPS) is 17.6. The van der Waals surface area contributed by atoms with Crippen molar-refractivity contribution in [2.75, 3.05) is 25.1 Å². The number of fused-ring (bicyclic) bond motifs is 4. The molecule has 15 heteroatoms. The zero-order chi connectivity index (χ0) is 38.1. The van der Waals surface area contributed by atoms with Crippen LogP contribution in [0.5, 0.6) is 0 Å². The molecular formula is C40H38N8O6S. The number of ether oxygens (including phenoxy) is 2. The second kappa shape index (κ2) is 15.4. The van der Waals surface area contributed by atoms with Crippen molar-refractivity contribution in [3.05, 3.63) is 111 Å². The molecule has 14 nitrogen and oxygen atoms in total. The van der Waals surface area contributed by atoms with Crippen molar-refractivity contribution < 1.29 is 28.7 Å². The van der Waals surface area contributed by atoms with E-state index in [-0.39, 0.29) is 30.1 Å². The molecule has 1 fully saturated rings. The number of hydrogen-bond acceptors (Lipinski definition) is 11. The van der Waals surface area contributed by atoms with E-state index in [1.807, 2.05) is 31.3 Å². The number of carbonyl (C=O) groups is 4. The topological polar surface area (TPSA) is 163 Å². The molecule has 0 bridgehead atoms. The first-order valence-electron chi connectivity index (χ1n) is 18.2. The third kappa shape index (κ3) is 7.07. The van der Waals surface area contributed by atoms with Crippen LogP contribution in [0.25, 0.3) is 5.00 Å². The lowest BCUT2D eigenvalue weighted by atomic mass is 10.0. The third-order valence-electron chi connectivity index (χ3n) is 9.91. The van der Waals surface area contributed by atoms with Crippen LogP contribution in [-0.4, -0.2) is 78.9 Å². The molecule has 1 unspecified atom stereocenters. The number of rotatable bonds is 11. The molecule has 4 amide bonds. The van der Waals surface area contributed by atoms with Crippen molar-refractivity contribution >= 4 is 40.7 Å². The summed E-state index contributed by atoms with van der Waals surface area (Å²) in [5, 5.41) is 19.8. The van der Waals surface area contributed by atoms with Gasteiger partial charge in [-0.3, -0.25) is 38.6 Å². The van der Waals surface area contributed by atoms with Crippen LogP contribution in [0.2, 0.25) is 0 Å². The first kappa shape index (κ1) is 36.0. The zero-order valence-corrected chi connectivity index (χ0v) is 31.1. The number of imide groups is 2. The van der Waals surface area contributed by atoms with Gasteiger partial charge in [-0.15, -0.1) is 21.5 Å². The maximum atomic E-state index is 13.3. The van der Waals surface area contributed by atoms with E-state index in [0.29, 0.717) is 38.6 Å². The van der Waals surface area contributed by atoms with E-state index < -0.39 is 29.7 Å². The van der Waals surface area contributed by atoms with E-state index in [1.54, 1.807) is 40.4 Å². The number of nitrogens with one attached hydrogen (secondary N) is 2. The van der Waals surface area contributed by atoms with Gasteiger partial charge in [0.05, 0.1) is 54.1 Å². The van der Waals surface area contributed by atoms with Gasteiger partial charge < -0.3 is 14.8 Å². The Kier molecular flexibility index (Phi) is 10.1. The summed E-state index contributed by atoms with van der Waals surface area (Å²) < 4.78 is 16.1. The minimum absolute atomic E-state index is 0.0636. The highest BCUT2D eigenvalue weighted by Gasteiger charge is 2.45. The van der Waals surface area contributed by atoms with E-state index in [4.69, 9.17) is 9.47 Å². The number of anilines is 1. The molecule has 0 spiro atoms. The summed E-state index contributed by atoms with van der Waals surface area (Å²) in [6, 6.07) is 14.3. The Morgan fingerprint density at radius 2 is 1.89 bits per heavy atom. The molecule has 55 heavy (non-hydrogen) atoms. The monoisotopic (exact) mass is 758 g/mol. The molecule has 3 aliphatic heterocycles. The molecule has 3 aliphatic rings. The summed E-state index contributed by atoms with van der Waals surface area (Å²) in [5.74, 6) is 6.24. The number of amides is 4. The highest BCUT2D eigenvalue weighted by atomic mass is 32.1. The largest absolute Gasteiger partial charge is 0.382 e. The smallest absolute Gasteiger partial charge is 0.264 e. The Labute approximate surface area is 320 Å². The van der Waals surface area contributed by atoms with Gasteiger partial charge in [0.1, 0.15) is 23.0 Å². The minimum Gasteiger partial charge on any atom is -0.382 e. The summed E-state index contributed by atoms with van der Waals surface area (Å²) in [5.41, 5.74) is 5.15. The lowest BCUT2D eigenvalue weighted by molar-refractivity contribution is -0.136. The lowest BCUT2D eigenvalue weighted by Gasteiger charge is -2.27. The van der Waals surface area contributed by atoms with Crippen LogP contribution >= 0.6 is 11.3 Å². The molecule has 6 heterocycles. The summed E-state index contributed by atoms with van der Waals surface area (Å²) in [7, 11) is 0. The summed E-state index contributed by atoms with van der Waals surface area (Å²) >= 11 is 1.64. The Hall–Kier alpha value is -5.95. The SMILES string of the molecule is CC[C@@H]1OCc2c(sc(C#Cc3cnn(CCOCCNc4cccc5c4C(=O)N(C4CCC(=O)NC4=O)C5=O)c3)c2Cc2ccccc2)-n2c(C)nnc21. The molecule has 0 saturated carbocycles. The van der Waals surface area contributed by atoms with Crippen LogP contribution in [0.4, 0.5) is 5.69 Å². The summed E-state index contributed by atoms with van der Waals surface area (Å²) in [4.78, 5) is 52.4. The number of aromatic nitrogens is 5. The van der Waals surface area contributed by atoms with Crippen molar-refractivity contribution in [3.8, 4) is 16.8 Å². The number of hydrogen-bond donors (Lipinski definition) is 2. The number of thiophene rings is 1. The van der Waals surface area contributed by atoms with E-state index in [9.17, 15) is 19.2 Å². The Bertz CT molecular complexity index is 2370. The fourth-order valence-corrected chi connectivity index (χ4v) is 8.40. The van der Waals surface area contributed by atoms with Crippen LogP contribution in [0.1, 0.15) is 91.8 Å². The van der Waals surface area contributed by atoms with E-state index in [0.717, 1.165) is 56.0 Å². The predicted octanol–water partition coefficient (Wildman–Crippen LogP) is 4.34. The van der Waals surface area contributed by atoms with Gasteiger partial charge in [-0.1, -0.05) is 55.2 Å². The first-order valence-corrected chi connectivity index (χ1v) is 19.0. The molecule has 3 aromatic heterocycles. The fraction of sp³-hybridized carbons (Fsp3) is 0.325. The van der Waals surface area contributed by atoms with Crippen molar-refractivity contribution in [2.45, 2.75) is 64.8 Å². The van der Waals surface area contributed by atoms with Crippen molar-refractivity contribution in [1.29, 1.82) is 0 Å². The van der Waals surface area contributed by atoms with Crippen LogP contribution in [-0.2, 0) is 38.6 Å². The minimum atomic E-state index is -1.02. The maximum Gasteiger partial charge on any atom is 0.264 e. The molecule has 2 aromatic carbocycles. The molecule has 2 N–H and O–H groups in total. The van der Waals surface area contributed by atoms with Crippen LogP contribution in [0, 0.1) is 18.8 Å². The second-order valence-electron chi connectivity index (χ2n) is 13.5. The van der Waals surface area contributed by atoms with Gasteiger partial charge in [0.15, 0.2) is 5.82 Å². The number of piperidine rings is 1. The summed E-state index contributed by atoms with van der Waals surface area (Å²) in [6.07, 6.45) is 5.19. The standard InChI is InChI=1S/C40H38N8O6S/c1-3-32-36-45-44-24(2)47(36)40-29(23-54-32)28(20-25-8-5-4-6-9-25)33(55-40)14-12-26-21-42-46(22-26)17-19-53-18-16-41-30-11-7-10-27-35(30)39(52)48(38(27)51)31-13-15-34(49)43-37(31)50/h4-11,21-22,31-32,41H,3,13,15-20,23H2,1-2H3,(H,43,49,50)/t31?,32-/m0/s1. The highest BCUT2D eigenvalue weighted by molar-refractivity contribution is 7.15. The average Bonchev–Trinajstić information content (AvgIpc) is 3.92. The van der Waals surface area contributed by atoms with Gasteiger partial charge >= 0.3 is 0 Å². The number of benzene rings is 2. The lowest BCUT2D eigenvalue weighted by Crippen LogP contribution is -2.54. The molecule has 5 aromatic rings. The van der Waals surface area contributed by atoms with Gasteiger partial charge in [-0.05, 0) is 49.4 Å². The Morgan fingerprint density at radius 1 is 1.04 bits per heavy atom. The number of nitrogens with zero attached hydrogens (tertiary/aromatic N) is 6. The number of carbonyl (C=O) groups excluding carboxylic acids is 4. The molecule has 1 saturated heterocycles. The third-order valence-corrected chi connectivity index (χ3v) is 11.1. The predicted molar refractivity (Wildman–Crippen MR) is 202 cm³/mol. The molecule has 8 rings (SSSR count). The molecule has 0 aliphatic carbocycles. The fourth-order valence-electron chi connectivity index (χ4n) is 7.16. The number of aryl methyl sites for hydroxylation is 1. The molecule has 2 atom stereocenters. The molecule has 0 radical (unpaired) electrons. The first-order chi connectivity index (χ1) is 26.8. The van der Waals surface area contributed by atoms with Crippen molar-refractivity contribution in [1.82, 2.24) is 34.8 Å². The molecular weight excluding hydrogens is 721 g/mol. The second-order valence-corrected chi connectivity index (χ2v) is 14.5. The van der Waals surface area contributed by atoms with Gasteiger partial charge in [0.25, 0.3) is 11.8 Å². The van der Waals surface area contributed by atoms with E-state index in [2.05, 4.69) is 61.4 Å². The van der Waals surface area contributed by atoms with E-state index >= 15 is 0 Å². The van der Waals surface area contributed by atoms with E-state index in [1.165, 1.54) is 5.56 Å². The zero-order valence-electron chi connectivity index (χ0n) is 30.3. The maximum absolute atomic E-state index is 13.3. The highest BCUT2D eigenvalue weighted by Crippen LogP contribution is 2.40. The van der Waals surface area contributed by atoms with Gasteiger partial charge in [-0.2, -0.15) is 5.10 Å².